The van der Waals surface area contributed by atoms with Crippen LogP contribution in [0.1, 0.15) is 25.7 Å². The van der Waals surface area contributed by atoms with Gasteiger partial charge in [0.25, 0.3) is 10.0 Å². The Morgan fingerprint density at radius 2 is 1.69 bits per heavy atom. The molecule has 4 aromatic rings. The van der Waals surface area contributed by atoms with Crippen molar-refractivity contribution >= 4 is 38.5 Å². The van der Waals surface area contributed by atoms with Gasteiger partial charge in [-0.1, -0.05) is 48.0 Å². The second-order valence-corrected chi connectivity index (χ2v) is 11.9. The molecule has 2 aromatic carbocycles. The number of nitrogens with zero attached hydrogens (tertiary/aromatic N) is 3. The van der Waals surface area contributed by atoms with Gasteiger partial charge in [-0.15, -0.1) is 0 Å². The fraction of sp³-hybridized carbons (Fsp3) is 0.308. The summed E-state index contributed by atoms with van der Waals surface area (Å²) in [6.07, 6.45) is 7.87. The number of nitrogens with one attached hydrogen (secondary N) is 2. The lowest BCUT2D eigenvalue weighted by Crippen LogP contribution is -2.57. The first kappa shape index (κ1) is 22.5. The maximum atomic E-state index is 13.5. The van der Waals surface area contributed by atoms with Gasteiger partial charge in [-0.2, -0.15) is 0 Å². The molecule has 0 bridgehead atoms. The van der Waals surface area contributed by atoms with Crippen LogP contribution in [0.25, 0.3) is 22.2 Å². The fourth-order valence-corrected chi connectivity index (χ4v) is 7.25. The fourth-order valence-electron chi connectivity index (χ4n) is 5.66. The molecule has 0 unspecified atom stereocenters. The van der Waals surface area contributed by atoms with Crippen LogP contribution in [0.3, 0.4) is 0 Å². The van der Waals surface area contributed by atoms with E-state index in [1.54, 1.807) is 48.8 Å². The van der Waals surface area contributed by atoms with Crippen molar-refractivity contribution in [3.05, 3.63) is 72.0 Å². The summed E-state index contributed by atoms with van der Waals surface area (Å²) in [5, 5.41) is 7.94. The summed E-state index contributed by atoms with van der Waals surface area (Å²) in [5.74, 6) is 0.511. The van der Waals surface area contributed by atoms with Crippen LogP contribution in [-0.4, -0.2) is 41.5 Å². The summed E-state index contributed by atoms with van der Waals surface area (Å²) in [5.41, 5.74) is 2.19. The van der Waals surface area contributed by atoms with Crippen LogP contribution >= 0.6 is 11.6 Å². The average molecular weight is 508 g/mol. The zero-order chi connectivity index (χ0) is 24.2. The number of hydrogen-bond acceptors (Lipinski definition) is 6. The van der Waals surface area contributed by atoms with E-state index in [1.807, 2.05) is 25.2 Å². The van der Waals surface area contributed by atoms with Gasteiger partial charge in [-0.25, -0.2) is 22.4 Å². The van der Waals surface area contributed by atoms with Gasteiger partial charge in [0.2, 0.25) is 5.95 Å². The zero-order valence-corrected chi connectivity index (χ0v) is 20.9. The van der Waals surface area contributed by atoms with Crippen molar-refractivity contribution in [2.24, 2.45) is 5.41 Å². The highest BCUT2D eigenvalue weighted by atomic mass is 35.5. The molecule has 35 heavy (non-hydrogen) atoms. The van der Waals surface area contributed by atoms with Crippen molar-refractivity contribution in [3.63, 3.8) is 0 Å². The summed E-state index contributed by atoms with van der Waals surface area (Å²) in [4.78, 5) is 9.35. The summed E-state index contributed by atoms with van der Waals surface area (Å²) in [6.45, 7) is 0. The van der Waals surface area contributed by atoms with Crippen LogP contribution in [0.5, 0.6) is 0 Å². The van der Waals surface area contributed by atoms with Gasteiger partial charge in [0.05, 0.1) is 27.3 Å². The summed E-state index contributed by atoms with van der Waals surface area (Å²) in [7, 11) is -1.77. The third-order valence-corrected chi connectivity index (χ3v) is 9.40. The molecule has 180 valence electrons. The van der Waals surface area contributed by atoms with Crippen molar-refractivity contribution in [1.82, 2.24) is 19.3 Å². The second-order valence-electron chi connectivity index (χ2n) is 9.71. The lowest BCUT2D eigenvalue weighted by atomic mass is 9.52. The lowest BCUT2D eigenvalue weighted by molar-refractivity contribution is -0.00957. The molecule has 0 radical (unpaired) electrons. The molecular weight excluding hydrogens is 482 g/mol. The first-order chi connectivity index (χ1) is 16.9. The van der Waals surface area contributed by atoms with Gasteiger partial charge in [0.1, 0.15) is 0 Å². The van der Waals surface area contributed by atoms with Crippen LogP contribution in [0.2, 0.25) is 5.02 Å². The third-order valence-electron chi connectivity index (χ3n) is 7.44. The smallest absolute Gasteiger partial charge is 0.268 e. The first-order valence-electron chi connectivity index (χ1n) is 11.8. The summed E-state index contributed by atoms with van der Waals surface area (Å²) in [6, 6.07) is 16.8. The Morgan fingerprint density at radius 3 is 2.43 bits per heavy atom. The molecule has 1 spiro atoms. The van der Waals surface area contributed by atoms with Gasteiger partial charge in [-0.3, -0.25) is 0 Å². The second kappa shape index (κ2) is 8.33. The molecule has 0 atom stereocenters. The van der Waals surface area contributed by atoms with Crippen molar-refractivity contribution < 1.29 is 8.42 Å². The number of fused-ring (bicyclic) bond motifs is 1. The van der Waals surface area contributed by atoms with Crippen LogP contribution in [0, 0.1) is 5.41 Å². The van der Waals surface area contributed by atoms with E-state index in [1.165, 1.54) is 16.8 Å². The highest BCUT2D eigenvalue weighted by Gasteiger charge is 2.52. The Balaban J connectivity index is 1.34. The lowest BCUT2D eigenvalue weighted by Gasteiger charge is -2.57. The predicted molar refractivity (Wildman–Crippen MR) is 138 cm³/mol. The van der Waals surface area contributed by atoms with E-state index >= 15 is 0 Å². The molecule has 0 aliphatic heterocycles. The Morgan fingerprint density at radius 1 is 1.00 bits per heavy atom. The topological polar surface area (TPSA) is 88.9 Å². The Hall–Kier alpha value is -2.94. The number of hydrogen-bond donors (Lipinski definition) is 2. The minimum Gasteiger partial charge on any atom is -0.351 e. The normalized spacial score (nSPS) is 23.7. The van der Waals surface area contributed by atoms with Gasteiger partial charge >= 0.3 is 0 Å². The van der Waals surface area contributed by atoms with Gasteiger partial charge in [0, 0.05) is 29.2 Å². The van der Waals surface area contributed by atoms with Crippen LogP contribution in [-0.2, 0) is 10.0 Å². The number of aromatic nitrogens is 3. The molecule has 2 aliphatic carbocycles. The van der Waals surface area contributed by atoms with Gasteiger partial charge in [0.15, 0.2) is 0 Å². The summed E-state index contributed by atoms with van der Waals surface area (Å²) < 4.78 is 28.2. The molecule has 2 N–H and O–H groups in total. The zero-order valence-electron chi connectivity index (χ0n) is 19.3. The molecule has 0 saturated heterocycles. The van der Waals surface area contributed by atoms with E-state index in [-0.39, 0.29) is 4.90 Å². The predicted octanol–water partition coefficient (Wildman–Crippen LogP) is 4.93. The third kappa shape index (κ3) is 3.80. The van der Waals surface area contributed by atoms with Crippen molar-refractivity contribution in [2.75, 3.05) is 12.4 Å². The molecule has 2 aromatic heterocycles. The van der Waals surface area contributed by atoms with Crippen molar-refractivity contribution in [2.45, 2.75) is 42.7 Å². The number of benzene rings is 2. The van der Waals surface area contributed by atoms with Crippen molar-refractivity contribution in [1.29, 1.82) is 0 Å². The molecule has 6 rings (SSSR count). The maximum absolute atomic E-state index is 13.5. The van der Waals surface area contributed by atoms with E-state index in [0.29, 0.717) is 45.2 Å². The summed E-state index contributed by atoms with van der Waals surface area (Å²) >= 11 is 6.55. The molecule has 2 aliphatic rings. The standard InChI is InChI=1S/C26H26ClN5O2S/c1-28-17-11-26(12-17)13-18(14-26)30-25-29-15-22(27)24(31-25)21-16-32(23-10-6-5-9-20(21)23)35(33,34)19-7-3-2-4-8-19/h2-10,15-18,28H,11-14H2,1H3,(H,29,30,31). The minimum absolute atomic E-state index is 0.221. The monoisotopic (exact) mass is 507 g/mol. The first-order valence-corrected chi connectivity index (χ1v) is 13.6. The molecule has 9 heteroatoms. The number of halogens is 1. The molecule has 2 saturated carbocycles. The van der Waals surface area contributed by atoms with E-state index in [9.17, 15) is 8.42 Å². The maximum Gasteiger partial charge on any atom is 0.268 e. The van der Waals surface area contributed by atoms with Crippen molar-refractivity contribution in [3.8, 4) is 11.3 Å². The Labute approximate surface area is 209 Å². The highest BCUT2D eigenvalue weighted by Crippen LogP contribution is 2.56. The van der Waals surface area contributed by atoms with Gasteiger partial charge in [-0.05, 0) is 56.3 Å². The largest absolute Gasteiger partial charge is 0.351 e. The molecule has 2 heterocycles. The highest BCUT2D eigenvalue weighted by molar-refractivity contribution is 7.90. The molecular formula is C26H26ClN5O2S. The van der Waals surface area contributed by atoms with Crippen LogP contribution < -0.4 is 10.6 Å². The minimum atomic E-state index is -3.80. The Bertz CT molecular complexity index is 1510. The molecule has 0 amide bonds. The Kier molecular flexibility index (Phi) is 5.36. The van der Waals surface area contributed by atoms with Gasteiger partial charge < -0.3 is 10.6 Å². The number of rotatable bonds is 6. The number of anilines is 1. The molecule has 7 nitrogen and oxygen atoms in total. The van der Waals surface area contributed by atoms with Crippen LogP contribution in [0.15, 0.2) is 71.9 Å². The average Bonchev–Trinajstić information content (AvgIpc) is 3.22. The van der Waals surface area contributed by atoms with Crippen LogP contribution in [0.4, 0.5) is 5.95 Å². The quantitative estimate of drug-likeness (QED) is 0.384. The van der Waals surface area contributed by atoms with E-state index in [2.05, 4.69) is 15.6 Å². The van der Waals surface area contributed by atoms with E-state index < -0.39 is 10.0 Å². The number of para-hydroxylation sites is 1. The van der Waals surface area contributed by atoms with E-state index in [4.69, 9.17) is 16.6 Å². The van der Waals surface area contributed by atoms with E-state index in [0.717, 1.165) is 18.2 Å². The molecule has 2 fully saturated rings. The SMILES string of the molecule is CNC1CC2(C1)CC(Nc1ncc(Cl)c(-c3cn(S(=O)(=O)c4ccccc4)c4ccccc34)n1)C2.